The van der Waals surface area contributed by atoms with Crippen LogP contribution in [-0.4, -0.2) is 18.0 Å². The molecule has 118 valence electrons. The van der Waals surface area contributed by atoms with E-state index in [0.717, 1.165) is 6.42 Å². The van der Waals surface area contributed by atoms with Crippen molar-refractivity contribution in [3.63, 3.8) is 0 Å². The molecule has 0 bridgehead atoms. The molecule has 1 aliphatic rings. The largest absolute Gasteiger partial charge is 0.354 e. The van der Waals surface area contributed by atoms with Crippen molar-refractivity contribution in [3.05, 3.63) is 48.0 Å². The van der Waals surface area contributed by atoms with E-state index in [-0.39, 0.29) is 29.8 Å². The highest BCUT2D eigenvalue weighted by Crippen LogP contribution is 2.48. The summed E-state index contributed by atoms with van der Waals surface area (Å²) in [4.78, 5) is 12.1. The first-order valence-corrected chi connectivity index (χ1v) is 7.49. The van der Waals surface area contributed by atoms with E-state index in [1.54, 1.807) is 0 Å². The highest BCUT2D eigenvalue weighted by Gasteiger charge is 2.44. The average Bonchev–Trinajstić information content (AvgIpc) is 3.24. The number of nitrogens with one attached hydrogen (secondary N) is 1. The lowest BCUT2D eigenvalue weighted by molar-refractivity contribution is -0.122. The van der Waals surface area contributed by atoms with Gasteiger partial charge in [0.15, 0.2) is 0 Å². The molecule has 2 aromatic carbocycles. The molecule has 3 rings (SSSR count). The molecule has 22 heavy (non-hydrogen) atoms. The van der Waals surface area contributed by atoms with Gasteiger partial charge >= 0.3 is 0 Å². The third kappa shape index (κ3) is 3.79. The molecule has 0 aliphatic heterocycles. The van der Waals surface area contributed by atoms with Gasteiger partial charge in [0.25, 0.3) is 0 Å². The first-order chi connectivity index (χ1) is 9.94. The van der Waals surface area contributed by atoms with E-state index in [0.29, 0.717) is 12.5 Å². The first kappa shape index (κ1) is 16.8. The predicted octanol–water partition coefficient (Wildman–Crippen LogP) is 3.22. The Morgan fingerprint density at radius 2 is 1.91 bits per heavy atom. The summed E-state index contributed by atoms with van der Waals surface area (Å²) >= 11 is 0. The maximum Gasteiger partial charge on any atom is 0.223 e. The molecule has 2 atom stereocenters. The zero-order valence-electron chi connectivity index (χ0n) is 13.0. The van der Waals surface area contributed by atoms with Crippen LogP contribution in [0.2, 0.25) is 0 Å². The SMILES string of the molecule is CC(C)(N)CNC(=O)C1CC1c1ccc2ccccc2c1.Cl. The number of hydrogen-bond acceptors (Lipinski definition) is 2. The van der Waals surface area contributed by atoms with Crippen LogP contribution >= 0.6 is 12.4 Å². The average molecular weight is 319 g/mol. The molecule has 0 aromatic heterocycles. The second-order valence-corrected chi connectivity index (χ2v) is 6.76. The summed E-state index contributed by atoms with van der Waals surface area (Å²) in [6.07, 6.45) is 0.940. The lowest BCUT2D eigenvalue weighted by Gasteiger charge is -2.18. The Hall–Kier alpha value is -1.58. The van der Waals surface area contributed by atoms with Crippen LogP contribution in [0.1, 0.15) is 31.7 Å². The lowest BCUT2D eigenvalue weighted by atomic mass is 10.0. The van der Waals surface area contributed by atoms with Gasteiger partial charge in [0.1, 0.15) is 0 Å². The smallest absolute Gasteiger partial charge is 0.223 e. The van der Waals surface area contributed by atoms with Crippen LogP contribution in [-0.2, 0) is 4.79 Å². The molecule has 0 radical (unpaired) electrons. The zero-order chi connectivity index (χ0) is 15.0. The van der Waals surface area contributed by atoms with Gasteiger partial charge in [-0.3, -0.25) is 4.79 Å². The van der Waals surface area contributed by atoms with Gasteiger partial charge < -0.3 is 11.1 Å². The number of nitrogens with two attached hydrogens (primary N) is 1. The maximum absolute atomic E-state index is 12.1. The van der Waals surface area contributed by atoms with Crippen LogP contribution in [0.25, 0.3) is 10.8 Å². The molecule has 3 nitrogen and oxygen atoms in total. The van der Waals surface area contributed by atoms with Crippen molar-refractivity contribution in [1.82, 2.24) is 5.32 Å². The quantitative estimate of drug-likeness (QED) is 0.909. The number of hydrogen-bond donors (Lipinski definition) is 2. The van der Waals surface area contributed by atoms with Crippen molar-refractivity contribution in [1.29, 1.82) is 0 Å². The van der Waals surface area contributed by atoms with E-state index in [2.05, 4.69) is 35.6 Å². The number of carbonyl (C=O) groups excluding carboxylic acids is 1. The van der Waals surface area contributed by atoms with Crippen molar-refractivity contribution in [3.8, 4) is 0 Å². The van der Waals surface area contributed by atoms with Crippen molar-refractivity contribution < 1.29 is 4.79 Å². The molecule has 0 saturated heterocycles. The van der Waals surface area contributed by atoms with Gasteiger partial charge in [-0.25, -0.2) is 0 Å². The monoisotopic (exact) mass is 318 g/mol. The Balaban J connectivity index is 0.00000176. The molecule has 1 saturated carbocycles. The predicted molar refractivity (Wildman–Crippen MR) is 93.3 cm³/mol. The fourth-order valence-corrected chi connectivity index (χ4v) is 2.74. The number of amides is 1. The highest BCUT2D eigenvalue weighted by atomic mass is 35.5. The second kappa shape index (κ2) is 6.27. The summed E-state index contributed by atoms with van der Waals surface area (Å²) in [6.45, 7) is 4.36. The fraction of sp³-hybridized carbons (Fsp3) is 0.389. The summed E-state index contributed by atoms with van der Waals surface area (Å²) in [7, 11) is 0. The molecule has 2 aromatic rings. The zero-order valence-corrected chi connectivity index (χ0v) is 13.8. The molecular weight excluding hydrogens is 296 g/mol. The van der Waals surface area contributed by atoms with E-state index in [9.17, 15) is 4.79 Å². The number of halogens is 1. The van der Waals surface area contributed by atoms with Gasteiger partial charge in [-0.2, -0.15) is 0 Å². The molecule has 4 heteroatoms. The normalized spacial score (nSPS) is 20.3. The minimum Gasteiger partial charge on any atom is -0.354 e. The molecule has 2 unspecified atom stereocenters. The van der Waals surface area contributed by atoms with Crippen molar-refractivity contribution in [2.45, 2.75) is 31.7 Å². The van der Waals surface area contributed by atoms with Gasteiger partial charge in [0.2, 0.25) is 5.91 Å². The Morgan fingerprint density at radius 1 is 1.23 bits per heavy atom. The summed E-state index contributed by atoms with van der Waals surface area (Å²) in [5.74, 6) is 0.593. The minimum atomic E-state index is -0.358. The van der Waals surface area contributed by atoms with Crippen LogP contribution in [0.5, 0.6) is 0 Å². The van der Waals surface area contributed by atoms with Gasteiger partial charge in [0, 0.05) is 18.0 Å². The third-order valence-corrected chi connectivity index (χ3v) is 4.05. The summed E-state index contributed by atoms with van der Waals surface area (Å²) in [5, 5.41) is 5.44. The van der Waals surface area contributed by atoms with Crippen LogP contribution in [0.4, 0.5) is 0 Å². The van der Waals surface area contributed by atoms with Crippen molar-refractivity contribution >= 4 is 29.1 Å². The molecular formula is C18H23ClN2O. The number of benzene rings is 2. The molecule has 3 N–H and O–H groups in total. The van der Waals surface area contributed by atoms with Crippen LogP contribution in [0.3, 0.4) is 0 Å². The summed E-state index contributed by atoms with van der Waals surface area (Å²) in [5.41, 5.74) is 6.80. The van der Waals surface area contributed by atoms with Crippen LogP contribution in [0.15, 0.2) is 42.5 Å². The molecule has 0 spiro atoms. The first-order valence-electron chi connectivity index (χ1n) is 7.49. The van der Waals surface area contributed by atoms with E-state index in [4.69, 9.17) is 5.73 Å². The Morgan fingerprint density at radius 3 is 2.59 bits per heavy atom. The number of fused-ring (bicyclic) bond motifs is 1. The topological polar surface area (TPSA) is 55.1 Å². The number of rotatable bonds is 4. The maximum atomic E-state index is 12.1. The summed E-state index contributed by atoms with van der Waals surface area (Å²) < 4.78 is 0. The standard InChI is InChI=1S/C18H22N2O.ClH/c1-18(2,19)11-20-17(21)16-10-15(16)14-8-7-12-5-3-4-6-13(12)9-14;/h3-9,15-16H,10-11,19H2,1-2H3,(H,20,21);1H. The van der Waals surface area contributed by atoms with Crippen molar-refractivity contribution in [2.75, 3.05) is 6.54 Å². The number of carbonyl (C=O) groups is 1. The van der Waals surface area contributed by atoms with Gasteiger partial charge in [-0.05, 0) is 42.5 Å². The second-order valence-electron chi connectivity index (χ2n) is 6.76. The molecule has 1 aliphatic carbocycles. The Bertz CT molecular complexity index is 678. The highest BCUT2D eigenvalue weighted by molar-refractivity contribution is 5.86. The minimum absolute atomic E-state index is 0. The van der Waals surface area contributed by atoms with E-state index in [1.165, 1.54) is 16.3 Å². The molecule has 0 heterocycles. The Labute approximate surface area is 137 Å². The van der Waals surface area contributed by atoms with Crippen molar-refractivity contribution in [2.24, 2.45) is 11.7 Å². The lowest BCUT2D eigenvalue weighted by Crippen LogP contribution is -2.45. The Kier molecular flexibility index (Phi) is 4.78. The molecule has 1 amide bonds. The third-order valence-electron chi connectivity index (χ3n) is 4.05. The van der Waals surface area contributed by atoms with Crippen LogP contribution < -0.4 is 11.1 Å². The van der Waals surface area contributed by atoms with Gasteiger partial charge in [-0.1, -0.05) is 42.5 Å². The van der Waals surface area contributed by atoms with E-state index >= 15 is 0 Å². The van der Waals surface area contributed by atoms with E-state index in [1.807, 2.05) is 26.0 Å². The van der Waals surface area contributed by atoms with Crippen LogP contribution in [0, 0.1) is 5.92 Å². The molecule has 1 fully saturated rings. The fourth-order valence-electron chi connectivity index (χ4n) is 2.74. The van der Waals surface area contributed by atoms with E-state index < -0.39 is 0 Å². The summed E-state index contributed by atoms with van der Waals surface area (Å²) in [6, 6.07) is 14.8. The van der Waals surface area contributed by atoms with Gasteiger partial charge in [-0.15, -0.1) is 12.4 Å². The van der Waals surface area contributed by atoms with Gasteiger partial charge in [0.05, 0.1) is 0 Å².